The number of nitrogens with one attached hydrogen (secondary N) is 1. The van der Waals surface area contributed by atoms with Crippen molar-refractivity contribution in [3.05, 3.63) is 24.2 Å². The Labute approximate surface area is 90.4 Å². The molecule has 16 heavy (non-hydrogen) atoms. The van der Waals surface area contributed by atoms with Crippen molar-refractivity contribution in [1.82, 2.24) is 15.0 Å². The highest BCUT2D eigenvalue weighted by atomic mass is 16.3. The van der Waals surface area contributed by atoms with E-state index in [1.165, 1.54) is 6.21 Å². The van der Waals surface area contributed by atoms with Crippen molar-refractivity contribution in [2.45, 2.75) is 0 Å². The van der Waals surface area contributed by atoms with Crippen LogP contribution in [-0.4, -0.2) is 21.2 Å². The average Bonchev–Trinajstić information content (AvgIpc) is 2.69. The van der Waals surface area contributed by atoms with Crippen molar-refractivity contribution in [3.8, 4) is 0 Å². The standard InChI is InChI=1S/C8H9N7O/c9-6-12-7(10)14-8(13-6)15-11-4-5-2-1-3-16-5/h1-4H,(H5,9,10,12,13,14,15)/b11-4+. The van der Waals surface area contributed by atoms with E-state index in [0.717, 1.165) is 0 Å². The number of nitrogens with zero attached hydrogens (tertiary/aromatic N) is 4. The molecule has 2 aromatic rings. The molecule has 0 bridgehead atoms. The predicted octanol–water partition coefficient (Wildman–Crippen LogP) is 0.0750. The molecule has 2 aromatic heterocycles. The van der Waals surface area contributed by atoms with Crippen LogP contribution in [0.5, 0.6) is 0 Å². The summed E-state index contributed by atoms with van der Waals surface area (Å²) >= 11 is 0. The van der Waals surface area contributed by atoms with Crippen LogP contribution in [-0.2, 0) is 0 Å². The topological polar surface area (TPSA) is 128 Å². The summed E-state index contributed by atoms with van der Waals surface area (Å²) in [6.07, 6.45) is 3.01. The van der Waals surface area contributed by atoms with E-state index in [1.807, 2.05) is 0 Å². The number of aromatic nitrogens is 3. The highest BCUT2D eigenvalue weighted by Gasteiger charge is 1.99. The number of hydrogen-bond acceptors (Lipinski definition) is 8. The van der Waals surface area contributed by atoms with E-state index in [4.69, 9.17) is 15.9 Å². The Morgan fingerprint density at radius 2 is 2.00 bits per heavy atom. The maximum Gasteiger partial charge on any atom is 0.250 e. The van der Waals surface area contributed by atoms with Gasteiger partial charge in [0, 0.05) is 0 Å². The predicted molar refractivity (Wildman–Crippen MR) is 58.6 cm³/mol. The zero-order valence-corrected chi connectivity index (χ0v) is 8.16. The summed E-state index contributed by atoms with van der Waals surface area (Å²) in [5.41, 5.74) is 13.3. The van der Waals surface area contributed by atoms with Gasteiger partial charge in [0.2, 0.25) is 17.8 Å². The van der Waals surface area contributed by atoms with Gasteiger partial charge >= 0.3 is 0 Å². The summed E-state index contributed by atoms with van der Waals surface area (Å²) in [5, 5.41) is 3.83. The van der Waals surface area contributed by atoms with Crippen LogP contribution < -0.4 is 16.9 Å². The maximum atomic E-state index is 5.37. The van der Waals surface area contributed by atoms with Gasteiger partial charge in [-0.2, -0.15) is 20.1 Å². The van der Waals surface area contributed by atoms with Crippen LogP contribution in [0.3, 0.4) is 0 Å². The van der Waals surface area contributed by atoms with E-state index in [0.29, 0.717) is 5.76 Å². The SMILES string of the molecule is Nc1nc(N)nc(N/N=C/c2ccco2)n1. The lowest BCUT2D eigenvalue weighted by atomic mass is 10.5. The van der Waals surface area contributed by atoms with Gasteiger partial charge in [0.05, 0.1) is 12.5 Å². The number of rotatable bonds is 3. The Morgan fingerprint density at radius 1 is 1.25 bits per heavy atom. The van der Waals surface area contributed by atoms with Crippen molar-refractivity contribution >= 4 is 24.1 Å². The van der Waals surface area contributed by atoms with Gasteiger partial charge in [-0.1, -0.05) is 0 Å². The summed E-state index contributed by atoms with van der Waals surface area (Å²) in [6.45, 7) is 0. The molecule has 0 saturated heterocycles. The summed E-state index contributed by atoms with van der Waals surface area (Å²) in [6, 6.07) is 3.50. The smallest absolute Gasteiger partial charge is 0.250 e. The van der Waals surface area contributed by atoms with E-state index >= 15 is 0 Å². The second kappa shape index (κ2) is 4.26. The van der Waals surface area contributed by atoms with Gasteiger partial charge in [-0.3, -0.25) is 0 Å². The molecule has 0 radical (unpaired) electrons. The normalized spacial score (nSPS) is 10.8. The maximum absolute atomic E-state index is 5.37. The summed E-state index contributed by atoms with van der Waals surface area (Å²) < 4.78 is 5.03. The Kier molecular flexibility index (Phi) is 2.63. The van der Waals surface area contributed by atoms with Gasteiger partial charge in [-0.05, 0) is 12.1 Å². The quantitative estimate of drug-likeness (QED) is 0.492. The first-order chi connectivity index (χ1) is 7.74. The first-order valence-corrected chi connectivity index (χ1v) is 4.33. The fraction of sp³-hybridized carbons (Fsp3) is 0. The van der Waals surface area contributed by atoms with Gasteiger partial charge in [-0.15, -0.1) is 0 Å². The Morgan fingerprint density at radius 3 is 2.62 bits per heavy atom. The molecule has 0 aliphatic carbocycles. The van der Waals surface area contributed by atoms with Gasteiger partial charge in [0.25, 0.3) is 0 Å². The molecule has 0 unspecified atom stereocenters. The molecule has 0 spiro atoms. The third kappa shape index (κ3) is 2.44. The first kappa shape index (κ1) is 9.90. The molecule has 0 aliphatic rings. The van der Waals surface area contributed by atoms with Crippen LogP contribution >= 0.6 is 0 Å². The van der Waals surface area contributed by atoms with Gasteiger partial charge in [0.15, 0.2) is 0 Å². The van der Waals surface area contributed by atoms with Crippen LogP contribution in [0.1, 0.15) is 5.76 Å². The van der Waals surface area contributed by atoms with E-state index < -0.39 is 0 Å². The summed E-state index contributed by atoms with van der Waals surface area (Å²) in [4.78, 5) is 11.2. The lowest BCUT2D eigenvalue weighted by Gasteiger charge is -1.99. The summed E-state index contributed by atoms with van der Waals surface area (Å²) in [7, 11) is 0. The van der Waals surface area contributed by atoms with Gasteiger partial charge in [-0.25, -0.2) is 5.43 Å². The molecule has 0 atom stereocenters. The van der Waals surface area contributed by atoms with E-state index in [9.17, 15) is 0 Å². The zero-order valence-electron chi connectivity index (χ0n) is 8.16. The van der Waals surface area contributed by atoms with Crippen LogP contribution in [0.2, 0.25) is 0 Å². The molecule has 0 aromatic carbocycles. The van der Waals surface area contributed by atoms with Crippen LogP contribution in [0.25, 0.3) is 0 Å². The molecular formula is C8H9N7O. The second-order valence-corrected chi connectivity index (χ2v) is 2.76. The second-order valence-electron chi connectivity index (χ2n) is 2.76. The minimum Gasteiger partial charge on any atom is -0.463 e. The largest absolute Gasteiger partial charge is 0.463 e. The molecule has 0 fully saturated rings. The monoisotopic (exact) mass is 219 g/mol. The van der Waals surface area contributed by atoms with Gasteiger partial charge < -0.3 is 15.9 Å². The third-order valence-electron chi connectivity index (χ3n) is 1.57. The lowest BCUT2D eigenvalue weighted by Crippen LogP contribution is -2.06. The zero-order chi connectivity index (χ0) is 11.4. The van der Waals surface area contributed by atoms with E-state index in [2.05, 4.69) is 25.5 Å². The van der Waals surface area contributed by atoms with Crippen LogP contribution in [0.15, 0.2) is 27.9 Å². The molecule has 2 heterocycles. The van der Waals surface area contributed by atoms with Crippen molar-refractivity contribution in [2.24, 2.45) is 5.10 Å². The number of hydrazone groups is 1. The van der Waals surface area contributed by atoms with E-state index in [1.54, 1.807) is 18.4 Å². The fourth-order valence-corrected chi connectivity index (χ4v) is 0.978. The molecule has 8 nitrogen and oxygen atoms in total. The Hall–Kier alpha value is -2.64. The number of nitrogen functional groups attached to an aromatic ring is 2. The van der Waals surface area contributed by atoms with Crippen molar-refractivity contribution in [3.63, 3.8) is 0 Å². The van der Waals surface area contributed by atoms with Crippen LogP contribution in [0, 0.1) is 0 Å². The van der Waals surface area contributed by atoms with E-state index in [-0.39, 0.29) is 17.8 Å². The molecule has 82 valence electrons. The van der Waals surface area contributed by atoms with Crippen molar-refractivity contribution < 1.29 is 4.42 Å². The first-order valence-electron chi connectivity index (χ1n) is 4.33. The molecule has 0 saturated carbocycles. The summed E-state index contributed by atoms with van der Waals surface area (Å²) in [5.74, 6) is 0.835. The minimum atomic E-state index is 0.0307. The number of nitrogens with two attached hydrogens (primary N) is 2. The van der Waals surface area contributed by atoms with Crippen LogP contribution in [0.4, 0.5) is 17.8 Å². The van der Waals surface area contributed by atoms with Crippen molar-refractivity contribution in [2.75, 3.05) is 16.9 Å². The Bertz CT molecular complexity index is 473. The minimum absolute atomic E-state index is 0.0307. The number of hydrogen-bond donors (Lipinski definition) is 3. The molecule has 8 heteroatoms. The van der Waals surface area contributed by atoms with Gasteiger partial charge in [0.1, 0.15) is 5.76 Å². The molecule has 0 amide bonds. The molecule has 5 N–H and O–H groups in total. The third-order valence-corrected chi connectivity index (χ3v) is 1.57. The van der Waals surface area contributed by atoms with Crippen molar-refractivity contribution in [1.29, 1.82) is 0 Å². The molecular weight excluding hydrogens is 210 g/mol. The fourth-order valence-electron chi connectivity index (χ4n) is 0.978. The highest BCUT2D eigenvalue weighted by Crippen LogP contribution is 2.03. The number of anilines is 3. The number of furan rings is 1. The average molecular weight is 219 g/mol. The molecule has 0 aliphatic heterocycles. The lowest BCUT2D eigenvalue weighted by molar-refractivity contribution is 0.560. The molecule has 2 rings (SSSR count). The highest BCUT2D eigenvalue weighted by molar-refractivity contribution is 5.76. The Balaban J connectivity index is 2.04.